The van der Waals surface area contributed by atoms with Crippen LogP contribution in [0.1, 0.15) is 40.7 Å². The molecule has 1 aromatic heterocycles. The van der Waals surface area contributed by atoms with Crippen molar-refractivity contribution in [3.05, 3.63) is 65.2 Å². The van der Waals surface area contributed by atoms with E-state index in [0.717, 1.165) is 11.1 Å². The summed E-state index contributed by atoms with van der Waals surface area (Å²) in [5.74, 6) is -2.03. The number of carbonyl (C=O) groups excluding carboxylic acids is 1. The van der Waals surface area contributed by atoms with Gasteiger partial charge in [-0.15, -0.1) is 10.2 Å². The maximum absolute atomic E-state index is 14.0. The molecule has 0 spiro atoms. The number of ether oxygens (including phenoxy) is 1. The van der Waals surface area contributed by atoms with E-state index in [-0.39, 0.29) is 25.3 Å². The topological polar surface area (TPSA) is 67.4 Å². The molecule has 4 rings (SSSR count). The summed E-state index contributed by atoms with van der Waals surface area (Å²) in [4.78, 5) is 15.3. The predicted molar refractivity (Wildman–Crippen MR) is 129 cm³/mol. The van der Waals surface area contributed by atoms with E-state index in [0.29, 0.717) is 47.0 Å². The first-order chi connectivity index (χ1) is 16.3. The van der Waals surface area contributed by atoms with Crippen molar-refractivity contribution in [3.63, 3.8) is 0 Å². The monoisotopic (exact) mass is 466 g/mol. The third-order valence-corrected chi connectivity index (χ3v) is 6.08. The average Bonchev–Trinajstić information content (AvgIpc) is 2.99. The van der Waals surface area contributed by atoms with Gasteiger partial charge in [-0.3, -0.25) is 4.79 Å². The van der Waals surface area contributed by atoms with Crippen molar-refractivity contribution in [3.8, 4) is 17.0 Å². The van der Waals surface area contributed by atoms with Crippen LogP contribution in [-0.2, 0) is 0 Å². The van der Waals surface area contributed by atoms with Crippen LogP contribution in [0.3, 0.4) is 0 Å². The number of halogens is 2. The molecule has 0 bridgehead atoms. The zero-order valence-corrected chi connectivity index (χ0v) is 19.6. The summed E-state index contributed by atoms with van der Waals surface area (Å²) in [6.45, 7) is 4.25. The lowest BCUT2D eigenvalue weighted by Gasteiger charge is -2.25. The molecule has 178 valence electrons. The van der Waals surface area contributed by atoms with Crippen molar-refractivity contribution < 1.29 is 18.3 Å². The number of alkyl halides is 2. The summed E-state index contributed by atoms with van der Waals surface area (Å²) in [5, 5.41) is 11.7. The first-order valence-electron chi connectivity index (χ1n) is 11.3. The van der Waals surface area contributed by atoms with Gasteiger partial charge in [0.15, 0.2) is 5.82 Å². The van der Waals surface area contributed by atoms with E-state index in [4.69, 9.17) is 4.74 Å². The van der Waals surface area contributed by atoms with Gasteiger partial charge in [0.1, 0.15) is 5.75 Å². The number of benzene rings is 2. The van der Waals surface area contributed by atoms with E-state index < -0.39 is 5.92 Å². The van der Waals surface area contributed by atoms with Crippen LogP contribution in [0.4, 0.5) is 20.3 Å². The van der Waals surface area contributed by atoms with Crippen LogP contribution in [0.5, 0.6) is 5.75 Å². The zero-order chi connectivity index (χ0) is 24.3. The zero-order valence-electron chi connectivity index (χ0n) is 19.6. The smallest absolute Gasteiger partial charge is 0.259 e. The Labute approximate surface area is 198 Å². The molecule has 1 fully saturated rings. The lowest BCUT2D eigenvalue weighted by Crippen LogP contribution is -2.30. The lowest BCUT2D eigenvalue weighted by atomic mass is 10.0. The number of rotatable bonds is 5. The molecule has 0 aliphatic carbocycles. The Bertz CT molecular complexity index is 1180. The van der Waals surface area contributed by atoms with Gasteiger partial charge in [0, 0.05) is 37.2 Å². The van der Waals surface area contributed by atoms with Crippen molar-refractivity contribution in [2.24, 2.45) is 0 Å². The van der Waals surface area contributed by atoms with E-state index in [2.05, 4.69) is 15.5 Å². The van der Waals surface area contributed by atoms with E-state index in [1.54, 1.807) is 12.0 Å². The second-order valence-corrected chi connectivity index (χ2v) is 8.62. The molecule has 3 aromatic rings. The highest BCUT2D eigenvalue weighted by Gasteiger charge is 2.34. The molecule has 0 saturated carbocycles. The van der Waals surface area contributed by atoms with Gasteiger partial charge in [0.25, 0.3) is 5.91 Å². The number of nitrogens with zero attached hydrogens (tertiary/aromatic N) is 3. The fourth-order valence-electron chi connectivity index (χ4n) is 4.22. The summed E-state index contributed by atoms with van der Waals surface area (Å²) in [6, 6.07) is 14.8. The molecule has 1 amide bonds. The SMILES string of the molecule is COc1ccc(-c2nnc(N3CCCC(F)(F)CC3)c(C(=O)Nc3cccc(C)c3)c2C)cc1. The molecule has 34 heavy (non-hydrogen) atoms. The van der Waals surface area contributed by atoms with Gasteiger partial charge in [-0.2, -0.15) is 0 Å². The summed E-state index contributed by atoms with van der Waals surface area (Å²) in [6.07, 6.45) is -0.148. The van der Waals surface area contributed by atoms with E-state index in [1.807, 2.05) is 62.4 Å². The molecule has 0 radical (unpaired) electrons. The minimum atomic E-state index is -2.72. The Balaban J connectivity index is 1.77. The maximum Gasteiger partial charge on any atom is 0.259 e. The third kappa shape index (κ3) is 5.16. The van der Waals surface area contributed by atoms with Crippen LogP contribution in [0.15, 0.2) is 48.5 Å². The van der Waals surface area contributed by atoms with Gasteiger partial charge >= 0.3 is 0 Å². The second kappa shape index (κ2) is 9.75. The van der Waals surface area contributed by atoms with Crippen LogP contribution >= 0.6 is 0 Å². The third-order valence-electron chi connectivity index (χ3n) is 6.08. The number of amides is 1. The van der Waals surface area contributed by atoms with Crippen molar-refractivity contribution in [2.75, 3.05) is 30.4 Å². The van der Waals surface area contributed by atoms with Crippen LogP contribution in [0.2, 0.25) is 0 Å². The Kier molecular flexibility index (Phi) is 6.77. The van der Waals surface area contributed by atoms with Crippen LogP contribution in [-0.4, -0.2) is 42.2 Å². The normalized spacial score (nSPS) is 15.5. The number of nitrogens with one attached hydrogen (secondary N) is 1. The number of aromatic nitrogens is 2. The second-order valence-electron chi connectivity index (χ2n) is 8.62. The number of hydrogen-bond acceptors (Lipinski definition) is 5. The lowest BCUT2D eigenvalue weighted by molar-refractivity contribution is -0.0102. The largest absolute Gasteiger partial charge is 0.497 e. The molecular weight excluding hydrogens is 438 g/mol. The molecule has 1 N–H and O–H groups in total. The van der Waals surface area contributed by atoms with E-state index >= 15 is 0 Å². The minimum Gasteiger partial charge on any atom is -0.497 e. The Morgan fingerprint density at radius 3 is 2.53 bits per heavy atom. The number of methoxy groups -OCH3 is 1. The van der Waals surface area contributed by atoms with Gasteiger partial charge in [0.05, 0.1) is 18.4 Å². The van der Waals surface area contributed by atoms with Gasteiger partial charge in [-0.05, 0) is 67.8 Å². The van der Waals surface area contributed by atoms with Crippen molar-refractivity contribution >= 4 is 17.4 Å². The van der Waals surface area contributed by atoms with Gasteiger partial charge in [-0.25, -0.2) is 8.78 Å². The summed E-state index contributed by atoms with van der Waals surface area (Å²) >= 11 is 0. The van der Waals surface area contributed by atoms with Gasteiger partial charge in [0.2, 0.25) is 5.92 Å². The fourth-order valence-corrected chi connectivity index (χ4v) is 4.22. The number of anilines is 2. The van der Waals surface area contributed by atoms with Gasteiger partial charge in [-0.1, -0.05) is 12.1 Å². The molecule has 2 heterocycles. The highest BCUT2D eigenvalue weighted by molar-refractivity contribution is 6.09. The highest BCUT2D eigenvalue weighted by atomic mass is 19.3. The van der Waals surface area contributed by atoms with Crippen LogP contribution in [0, 0.1) is 13.8 Å². The first-order valence-corrected chi connectivity index (χ1v) is 11.3. The predicted octanol–water partition coefficient (Wildman–Crippen LogP) is 5.65. The maximum atomic E-state index is 14.0. The number of aryl methyl sites for hydroxylation is 1. The Morgan fingerprint density at radius 1 is 1.06 bits per heavy atom. The molecule has 1 saturated heterocycles. The number of hydrogen-bond donors (Lipinski definition) is 1. The molecule has 1 aliphatic heterocycles. The molecular formula is C26H28F2N4O2. The van der Waals surface area contributed by atoms with E-state index in [9.17, 15) is 13.6 Å². The molecule has 8 heteroatoms. The van der Waals surface area contributed by atoms with Gasteiger partial charge < -0.3 is 15.0 Å². The summed E-state index contributed by atoms with van der Waals surface area (Å²) < 4.78 is 33.3. The van der Waals surface area contributed by atoms with Crippen molar-refractivity contribution in [1.29, 1.82) is 0 Å². The first kappa shape index (κ1) is 23.6. The molecule has 0 atom stereocenters. The Morgan fingerprint density at radius 2 is 1.82 bits per heavy atom. The quantitative estimate of drug-likeness (QED) is 0.527. The van der Waals surface area contributed by atoms with E-state index in [1.165, 1.54) is 0 Å². The minimum absolute atomic E-state index is 0.105. The van der Waals surface area contributed by atoms with Crippen LogP contribution in [0.25, 0.3) is 11.3 Å². The molecule has 2 aromatic carbocycles. The van der Waals surface area contributed by atoms with Crippen molar-refractivity contribution in [1.82, 2.24) is 10.2 Å². The summed E-state index contributed by atoms with van der Waals surface area (Å²) in [5.41, 5.74) is 3.98. The van der Waals surface area contributed by atoms with Crippen molar-refractivity contribution in [2.45, 2.75) is 39.0 Å². The fraction of sp³-hybridized carbons (Fsp3) is 0.346. The number of carbonyl (C=O) groups is 1. The highest BCUT2D eigenvalue weighted by Crippen LogP contribution is 2.34. The molecule has 1 aliphatic rings. The molecule has 6 nitrogen and oxygen atoms in total. The summed E-state index contributed by atoms with van der Waals surface area (Å²) in [7, 11) is 1.59. The van der Waals surface area contributed by atoms with Crippen LogP contribution < -0.4 is 15.0 Å². The standard InChI is InChI=1S/C26H28F2N4O2/c1-17-6-4-7-20(16-17)29-25(33)22-18(2)23(19-8-10-21(34-3)11-9-19)30-31-24(22)32-14-5-12-26(27,28)13-15-32/h4,6-11,16H,5,12-15H2,1-3H3,(H,29,33). The molecule has 0 unspecified atom stereocenters. The average molecular weight is 467 g/mol. The Hall–Kier alpha value is -3.55.